The molecule has 0 radical (unpaired) electrons. The van der Waals surface area contributed by atoms with Crippen molar-refractivity contribution in [3.63, 3.8) is 0 Å². The van der Waals surface area contributed by atoms with Crippen LogP contribution in [0.4, 0.5) is 4.39 Å². The van der Waals surface area contributed by atoms with Crippen molar-refractivity contribution in [2.45, 2.75) is 32.4 Å². The van der Waals surface area contributed by atoms with Crippen LogP contribution in [-0.4, -0.2) is 19.8 Å². The average Bonchev–Trinajstić information content (AvgIpc) is 2.28. The smallest absolute Gasteiger partial charge is 0.129 e. The van der Waals surface area contributed by atoms with Gasteiger partial charge in [0.2, 0.25) is 0 Å². The number of benzene rings is 1. The monoisotopic (exact) mass is 259 g/mol. The Morgan fingerprint density at radius 3 is 2.71 bits per heavy atom. The first-order valence-electron chi connectivity index (χ1n) is 5.79. The Morgan fingerprint density at radius 1 is 1.47 bits per heavy atom. The molecule has 2 unspecified atom stereocenters. The van der Waals surface area contributed by atoms with Gasteiger partial charge in [-0.3, -0.25) is 0 Å². The minimum Gasteiger partial charge on any atom is -0.382 e. The number of hydrogen-bond donors (Lipinski definition) is 1. The van der Waals surface area contributed by atoms with Gasteiger partial charge in [-0.05, 0) is 32.0 Å². The molecule has 0 aliphatic rings. The molecule has 96 valence electrons. The van der Waals surface area contributed by atoms with Gasteiger partial charge in [0, 0.05) is 23.7 Å². The highest BCUT2D eigenvalue weighted by molar-refractivity contribution is 6.30. The van der Waals surface area contributed by atoms with Crippen LogP contribution in [0.25, 0.3) is 0 Å². The molecule has 1 rings (SSSR count). The largest absolute Gasteiger partial charge is 0.382 e. The summed E-state index contributed by atoms with van der Waals surface area (Å²) in [5.74, 6) is -0.272. The minimum absolute atomic E-state index is 0.0489. The molecule has 0 amide bonds. The van der Waals surface area contributed by atoms with Gasteiger partial charge in [-0.25, -0.2) is 4.39 Å². The van der Waals surface area contributed by atoms with Crippen LogP contribution in [0.2, 0.25) is 5.02 Å². The van der Waals surface area contributed by atoms with Gasteiger partial charge in [0.1, 0.15) is 5.82 Å². The van der Waals surface area contributed by atoms with Crippen LogP contribution in [0.1, 0.15) is 31.9 Å². The van der Waals surface area contributed by atoms with E-state index in [-0.39, 0.29) is 18.0 Å². The fourth-order valence-corrected chi connectivity index (χ4v) is 1.94. The SMILES string of the molecule is CCNC(CC(C)OC)c1ccc(Cl)cc1F. The molecule has 2 atom stereocenters. The Balaban J connectivity index is 2.88. The van der Waals surface area contributed by atoms with E-state index in [1.807, 2.05) is 13.8 Å². The quantitative estimate of drug-likeness (QED) is 0.844. The maximum absolute atomic E-state index is 13.8. The van der Waals surface area contributed by atoms with Gasteiger partial charge in [-0.15, -0.1) is 0 Å². The Bertz CT molecular complexity index is 359. The Labute approximate surface area is 107 Å². The zero-order valence-electron chi connectivity index (χ0n) is 10.5. The lowest BCUT2D eigenvalue weighted by Crippen LogP contribution is -2.26. The molecule has 0 aliphatic carbocycles. The van der Waals surface area contributed by atoms with Crippen LogP contribution < -0.4 is 5.32 Å². The molecule has 1 aromatic rings. The molecule has 17 heavy (non-hydrogen) atoms. The van der Waals surface area contributed by atoms with Gasteiger partial charge < -0.3 is 10.1 Å². The van der Waals surface area contributed by atoms with Crippen molar-refractivity contribution in [2.75, 3.05) is 13.7 Å². The molecule has 0 spiro atoms. The van der Waals surface area contributed by atoms with E-state index in [0.29, 0.717) is 10.6 Å². The third-order valence-electron chi connectivity index (χ3n) is 2.76. The zero-order chi connectivity index (χ0) is 12.8. The van der Waals surface area contributed by atoms with Crippen molar-refractivity contribution in [1.82, 2.24) is 5.32 Å². The van der Waals surface area contributed by atoms with E-state index in [0.717, 1.165) is 13.0 Å². The molecule has 2 nitrogen and oxygen atoms in total. The zero-order valence-corrected chi connectivity index (χ0v) is 11.2. The molecule has 0 aliphatic heterocycles. The highest BCUT2D eigenvalue weighted by atomic mass is 35.5. The van der Waals surface area contributed by atoms with E-state index >= 15 is 0 Å². The molecule has 0 bridgehead atoms. The summed E-state index contributed by atoms with van der Waals surface area (Å²) in [7, 11) is 1.66. The Kier molecular flexibility index (Phi) is 5.89. The van der Waals surface area contributed by atoms with Crippen LogP contribution in [0, 0.1) is 5.82 Å². The Morgan fingerprint density at radius 2 is 2.18 bits per heavy atom. The third kappa shape index (κ3) is 4.26. The fourth-order valence-electron chi connectivity index (χ4n) is 1.78. The topological polar surface area (TPSA) is 21.3 Å². The van der Waals surface area contributed by atoms with Crippen LogP contribution in [0.15, 0.2) is 18.2 Å². The maximum atomic E-state index is 13.8. The second-order valence-corrected chi connectivity index (χ2v) is 4.49. The highest BCUT2D eigenvalue weighted by Gasteiger charge is 2.17. The number of ether oxygens (including phenoxy) is 1. The number of methoxy groups -OCH3 is 1. The summed E-state index contributed by atoms with van der Waals surface area (Å²) in [6.45, 7) is 4.75. The van der Waals surface area contributed by atoms with Crippen molar-refractivity contribution in [3.8, 4) is 0 Å². The van der Waals surface area contributed by atoms with E-state index in [2.05, 4.69) is 5.32 Å². The van der Waals surface area contributed by atoms with Gasteiger partial charge >= 0.3 is 0 Å². The molecule has 4 heteroatoms. The van der Waals surface area contributed by atoms with Gasteiger partial charge in [0.25, 0.3) is 0 Å². The first-order valence-corrected chi connectivity index (χ1v) is 6.17. The second kappa shape index (κ2) is 6.94. The summed E-state index contributed by atoms with van der Waals surface area (Å²) < 4.78 is 19.0. The minimum atomic E-state index is -0.272. The van der Waals surface area contributed by atoms with Crippen molar-refractivity contribution in [1.29, 1.82) is 0 Å². The second-order valence-electron chi connectivity index (χ2n) is 4.06. The molecule has 0 heterocycles. The van der Waals surface area contributed by atoms with Gasteiger partial charge in [-0.2, -0.15) is 0 Å². The first-order chi connectivity index (χ1) is 8.08. The lowest BCUT2D eigenvalue weighted by Gasteiger charge is -2.22. The standard InChI is InChI=1S/C13H19ClFNO/c1-4-16-13(7-9(2)17-3)11-6-5-10(14)8-12(11)15/h5-6,8-9,13,16H,4,7H2,1-3H3. The van der Waals surface area contributed by atoms with E-state index in [9.17, 15) is 4.39 Å². The maximum Gasteiger partial charge on any atom is 0.129 e. The summed E-state index contributed by atoms with van der Waals surface area (Å²) in [5.41, 5.74) is 0.639. The molecule has 1 aromatic carbocycles. The number of hydrogen-bond acceptors (Lipinski definition) is 2. The lowest BCUT2D eigenvalue weighted by atomic mass is 10.0. The number of nitrogens with one attached hydrogen (secondary N) is 1. The van der Waals surface area contributed by atoms with Gasteiger partial charge in [-0.1, -0.05) is 24.6 Å². The summed E-state index contributed by atoms with van der Waals surface area (Å²) >= 11 is 5.75. The van der Waals surface area contributed by atoms with E-state index in [1.165, 1.54) is 6.07 Å². The van der Waals surface area contributed by atoms with Crippen LogP contribution >= 0.6 is 11.6 Å². The summed E-state index contributed by atoms with van der Waals surface area (Å²) in [6, 6.07) is 4.74. The summed E-state index contributed by atoms with van der Waals surface area (Å²) in [6.07, 6.45) is 0.803. The predicted molar refractivity (Wildman–Crippen MR) is 68.9 cm³/mol. The van der Waals surface area contributed by atoms with E-state index in [4.69, 9.17) is 16.3 Å². The molecule has 0 fully saturated rings. The Hall–Kier alpha value is -0.640. The van der Waals surface area contributed by atoms with Crippen molar-refractivity contribution in [3.05, 3.63) is 34.6 Å². The fraction of sp³-hybridized carbons (Fsp3) is 0.538. The first kappa shape index (κ1) is 14.4. The van der Waals surface area contributed by atoms with Crippen molar-refractivity contribution < 1.29 is 9.13 Å². The highest BCUT2D eigenvalue weighted by Crippen LogP contribution is 2.24. The number of rotatable bonds is 6. The lowest BCUT2D eigenvalue weighted by molar-refractivity contribution is 0.100. The average molecular weight is 260 g/mol. The molecule has 1 N–H and O–H groups in total. The van der Waals surface area contributed by atoms with Crippen LogP contribution in [-0.2, 0) is 4.74 Å². The van der Waals surface area contributed by atoms with Crippen molar-refractivity contribution in [2.24, 2.45) is 0 Å². The third-order valence-corrected chi connectivity index (χ3v) is 2.99. The van der Waals surface area contributed by atoms with Crippen LogP contribution in [0.3, 0.4) is 0 Å². The van der Waals surface area contributed by atoms with E-state index < -0.39 is 0 Å². The summed E-state index contributed by atoms with van der Waals surface area (Å²) in [5, 5.41) is 3.68. The molecular formula is C13H19ClFNO. The van der Waals surface area contributed by atoms with Gasteiger partial charge in [0.15, 0.2) is 0 Å². The molecule has 0 aromatic heterocycles. The van der Waals surface area contributed by atoms with Gasteiger partial charge in [0.05, 0.1) is 6.10 Å². The molecule has 0 saturated heterocycles. The molecule has 0 saturated carbocycles. The normalized spacial score (nSPS) is 14.6. The predicted octanol–water partition coefficient (Wildman–Crippen LogP) is 3.55. The number of halogens is 2. The van der Waals surface area contributed by atoms with Crippen molar-refractivity contribution >= 4 is 11.6 Å². The summed E-state index contributed by atoms with van der Waals surface area (Å²) in [4.78, 5) is 0. The van der Waals surface area contributed by atoms with Crippen LogP contribution in [0.5, 0.6) is 0 Å². The van der Waals surface area contributed by atoms with E-state index in [1.54, 1.807) is 19.2 Å². The molecular weight excluding hydrogens is 241 g/mol.